The normalized spacial score (nSPS) is 11.9. The number of pyridine rings is 1. The van der Waals surface area contributed by atoms with Crippen LogP contribution in [0.4, 0.5) is 27.8 Å². The number of alkyl halides is 5. The van der Waals surface area contributed by atoms with Crippen LogP contribution in [0.1, 0.15) is 17.7 Å². The van der Waals surface area contributed by atoms with E-state index in [-0.39, 0.29) is 6.07 Å². The van der Waals surface area contributed by atoms with E-state index >= 15 is 0 Å². The SMILES string of the molecule is O=[N+]([O-])c1nc(C(F)F)c(C(F)(F)F)cc1I. The second-order valence-electron chi connectivity index (χ2n) is 2.78. The van der Waals surface area contributed by atoms with Gasteiger partial charge >= 0.3 is 18.4 Å². The summed E-state index contributed by atoms with van der Waals surface area (Å²) in [4.78, 5) is 12.0. The van der Waals surface area contributed by atoms with Crippen molar-refractivity contribution in [3.63, 3.8) is 0 Å². The summed E-state index contributed by atoms with van der Waals surface area (Å²) in [6, 6.07) is 0.285. The van der Waals surface area contributed by atoms with Crippen molar-refractivity contribution in [3.05, 3.63) is 31.0 Å². The molecule has 4 nitrogen and oxygen atoms in total. The van der Waals surface area contributed by atoms with E-state index < -0.39 is 38.2 Å². The highest BCUT2D eigenvalue weighted by atomic mass is 127. The van der Waals surface area contributed by atoms with Gasteiger partial charge in [0.2, 0.25) is 5.69 Å². The third-order valence-corrected chi connectivity index (χ3v) is 2.47. The minimum atomic E-state index is -5.03. The van der Waals surface area contributed by atoms with Gasteiger partial charge in [0, 0.05) is 0 Å². The highest BCUT2D eigenvalue weighted by molar-refractivity contribution is 14.1. The monoisotopic (exact) mass is 368 g/mol. The molecule has 94 valence electrons. The van der Waals surface area contributed by atoms with Gasteiger partial charge in [0.1, 0.15) is 9.13 Å². The molecule has 0 bridgehead atoms. The number of halogens is 6. The average molecular weight is 368 g/mol. The Labute approximate surface area is 104 Å². The summed E-state index contributed by atoms with van der Waals surface area (Å²) in [5, 5.41) is 10.4. The van der Waals surface area contributed by atoms with Gasteiger partial charge in [-0.05, 0) is 38.6 Å². The van der Waals surface area contributed by atoms with Crippen molar-refractivity contribution in [1.29, 1.82) is 0 Å². The summed E-state index contributed by atoms with van der Waals surface area (Å²) in [7, 11) is 0. The molecule has 10 heteroatoms. The molecule has 0 aromatic carbocycles. The van der Waals surface area contributed by atoms with Crippen LogP contribution in [0.3, 0.4) is 0 Å². The molecule has 1 aromatic heterocycles. The minimum absolute atomic E-state index is 0.285. The molecule has 0 aliphatic rings. The van der Waals surface area contributed by atoms with Crippen molar-refractivity contribution in [1.82, 2.24) is 4.98 Å². The number of aromatic nitrogens is 1. The Morgan fingerprint density at radius 1 is 1.41 bits per heavy atom. The first-order valence-corrected chi connectivity index (χ1v) is 4.92. The second kappa shape index (κ2) is 4.66. The van der Waals surface area contributed by atoms with Gasteiger partial charge in [-0.25, -0.2) is 8.78 Å². The van der Waals surface area contributed by atoms with Crippen LogP contribution in [0, 0.1) is 13.7 Å². The molecular weight excluding hydrogens is 366 g/mol. The van der Waals surface area contributed by atoms with Crippen molar-refractivity contribution < 1.29 is 26.9 Å². The Hall–Kier alpha value is -1.07. The lowest BCUT2D eigenvalue weighted by Gasteiger charge is -2.09. The van der Waals surface area contributed by atoms with Crippen LogP contribution in [0.15, 0.2) is 6.07 Å². The van der Waals surface area contributed by atoms with E-state index in [0.717, 1.165) is 0 Å². The van der Waals surface area contributed by atoms with Crippen molar-refractivity contribution in [2.75, 3.05) is 0 Å². The lowest BCUT2D eigenvalue weighted by molar-refractivity contribution is -0.390. The predicted molar refractivity (Wildman–Crippen MR) is 53.6 cm³/mol. The number of nitrogens with zero attached hydrogens (tertiary/aromatic N) is 2. The molecule has 17 heavy (non-hydrogen) atoms. The Morgan fingerprint density at radius 2 is 1.94 bits per heavy atom. The first-order valence-electron chi connectivity index (χ1n) is 3.84. The van der Waals surface area contributed by atoms with E-state index in [1.807, 2.05) is 0 Å². The van der Waals surface area contributed by atoms with Crippen LogP contribution < -0.4 is 0 Å². The van der Waals surface area contributed by atoms with E-state index in [4.69, 9.17) is 0 Å². The lowest BCUT2D eigenvalue weighted by Crippen LogP contribution is -2.13. The Kier molecular flexibility index (Phi) is 3.84. The molecule has 0 atom stereocenters. The second-order valence-corrected chi connectivity index (χ2v) is 3.94. The zero-order valence-corrected chi connectivity index (χ0v) is 9.79. The first-order chi connectivity index (χ1) is 7.64. The fourth-order valence-electron chi connectivity index (χ4n) is 1.01. The van der Waals surface area contributed by atoms with Gasteiger partial charge in [0.15, 0.2) is 0 Å². The molecule has 0 aliphatic heterocycles. The summed E-state index contributed by atoms with van der Waals surface area (Å²) in [6.45, 7) is 0. The third kappa shape index (κ3) is 2.98. The van der Waals surface area contributed by atoms with Crippen LogP contribution in [0.5, 0.6) is 0 Å². The molecule has 0 N–H and O–H groups in total. The molecule has 0 radical (unpaired) electrons. The van der Waals surface area contributed by atoms with Crippen molar-refractivity contribution in [2.45, 2.75) is 12.6 Å². The molecule has 1 aromatic rings. The lowest BCUT2D eigenvalue weighted by atomic mass is 10.2. The molecule has 0 spiro atoms. The first kappa shape index (κ1) is 14.0. The van der Waals surface area contributed by atoms with Crippen LogP contribution in [0.25, 0.3) is 0 Å². The molecule has 0 saturated heterocycles. The number of hydrogen-bond donors (Lipinski definition) is 0. The van der Waals surface area contributed by atoms with E-state index in [0.29, 0.717) is 0 Å². The smallest absolute Gasteiger partial charge is 0.358 e. The number of nitro groups is 1. The van der Waals surface area contributed by atoms with Gasteiger partial charge in [-0.15, -0.1) is 0 Å². The minimum Gasteiger partial charge on any atom is -0.358 e. The summed E-state index contributed by atoms with van der Waals surface area (Å²) in [6.07, 6.45) is -8.57. The standard InChI is InChI=1S/C7H2F5IN2O2/c8-5(9)4-2(7(10,11)12)1-3(13)6(14-4)15(16)17/h1,5H. The summed E-state index contributed by atoms with van der Waals surface area (Å²) in [5.41, 5.74) is -3.30. The molecule has 0 fully saturated rings. The quantitative estimate of drug-likeness (QED) is 0.347. The van der Waals surface area contributed by atoms with Crippen LogP contribution in [-0.4, -0.2) is 9.91 Å². The van der Waals surface area contributed by atoms with Crippen molar-refractivity contribution >= 4 is 28.4 Å². The molecule has 1 rings (SSSR count). The maximum Gasteiger partial charge on any atom is 0.420 e. The van der Waals surface area contributed by atoms with Gasteiger partial charge in [-0.1, -0.05) is 0 Å². The maximum atomic E-state index is 12.4. The van der Waals surface area contributed by atoms with Gasteiger partial charge in [-0.2, -0.15) is 13.2 Å². The van der Waals surface area contributed by atoms with E-state index in [1.54, 1.807) is 0 Å². The van der Waals surface area contributed by atoms with Crippen molar-refractivity contribution in [3.8, 4) is 0 Å². The van der Waals surface area contributed by atoms with Crippen LogP contribution in [-0.2, 0) is 6.18 Å². The fourth-order valence-corrected chi connectivity index (χ4v) is 1.64. The molecule has 1 heterocycles. The maximum absolute atomic E-state index is 12.4. The number of rotatable bonds is 2. The van der Waals surface area contributed by atoms with Gasteiger partial charge in [0.05, 0.1) is 0 Å². The predicted octanol–water partition coefficient (Wildman–Crippen LogP) is 3.55. The van der Waals surface area contributed by atoms with E-state index in [2.05, 4.69) is 4.98 Å². The zero-order valence-electron chi connectivity index (χ0n) is 7.63. The van der Waals surface area contributed by atoms with Gasteiger partial charge in [-0.3, -0.25) is 0 Å². The van der Waals surface area contributed by atoms with Crippen LogP contribution >= 0.6 is 22.6 Å². The molecule has 0 saturated carbocycles. The largest absolute Gasteiger partial charge is 0.420 e. The molecule has 0 aliphatic carbocycles. The van der Waals surface area contributed by atoms with Crippen molar-refractivity contribution in [2.24, 2.45) is 0 Å². The highest BCUT2D eigenvalue weighted by Crippen LogP contribution is 2.37. The Bertz CT molecular complexity index is 462. The van der Waals surface area contributed by atoms with Gasteiger partial charge in [0.25, 0.3) is 0 Å². The summed E-state index contributed by atoms with van der Waals surface area (Å²) < 4.78 is 61.4. The number of hydrogen-bond acceptors (Lipinski definition) is 3. The van der Waals surface area contributed by atoms with E-state index in [1.165, 1.54) is 22.6 Å². The van der Waals surface area contributed by atoms with Gasteiger partial charge < -0.3 is 10.1 Å². The average Bonchev–Trinajstić information content (AvgIpc) is 2.14. The summed E-state index contributed by atoms with van der Waals surface area (Å²) in [5.74, 6) is -1.02. The highest BCUT2D eigenvalue weighted by Gasteiger charge is 2.41. The Morgan fingerprint density at radius 3 is 2.29 bits per heavy atom. The summed E-state index contributed by atoms with van der Waals surface area (Å²) >= 11 is 1.23. The fraction of sp³-hybridized carbons (Fsp3) is 0.286. The molecule has 0 unspecified atom stereocenters. The molecular formula is C7H2F5IN2O2. The topological polar surface area (TPSA) is 56.0 Å². The van der Waals surface area contributed by atoms with E-state index in [9.17, 15) is 32.1 Å². The molecule has 0 amide bonds. The Balaban J connectivity index is 3.53. The zero-order chi connectivity index (χ0) is 13.4. The third-order valence-electron chi connectivity index (χ3n) is 1.67. The van der Waals surface area contributed by atoms with Crippen LogP contribution in [0.2, 0.25) is 0 Å².